The molecule has 1 aliphatic heterocycles. The van der Waals surface area contributed by atoms with Crippen LogP contribution in [-0.2, 0) is 11.8 Å². The number of hydrogen-bond acceptors (Lipinski definition) is 3. The van der Waals surface area contributed by atoms with Gasteiger partial charge >= 0.3 is 0 Å². The summed E-state index contributed by atoms with van der Waals surface area (Å²) in [6.45, 7) is 7.07. The minimum absolute atomic E-state index is 0.0876. The lowest BCUT2D eigenvalue weighted by atomic mass is 9.59. The summed E-state index contributed by atoms with van der Waals surface area (Å²) < 4.78 is 0. The minimum Gasteiger partial charge on any atom is -0.299 e. The van der Waals surface area contributed by atoms with Crippen LogP contribution in [0.25, 0.3) is 0 Å². The van der Waals surface area contributed by atoms with Gasteiger partial charge < -0.3 is 0 Å². The summed E-state index contributed by atoms with van der Waals surface area (Å²) in [4.78, 5) is 13.6. The third-order valence-corrected chi connectivity index (χ3v) is 6.51. The van der Waals surface area contributed by atoms with Crippen LogP contribution < -0.4 is 0 Å². The maximum Gasteiger partial charge on any atom is 0.269 e. The van der Waals surface area contributed by atoms with Gasteiger partial charge in [-0.2, -0.15) is 0 Å². The molecule has 3 atom stereocenters. The third-order valence-electron chi connectivity index (χ3n) is 6.51. The standard InChI is InChI=1S/C18H24N2O2/c1-12-17-9-14-5-6-15(20(21)22)10-16(14)18(12,2)7-8-19(17)11-13-3-4-13/h5-6,10,12-13,17H,3-4,7-9,11H2,1-2H3/t12-,17?,18-/m0/s1. The number of nitro benzene ring substituents is 1. The van der Waals surface area contributed by atoms with E-state index in [4.69, 9.17) is 0 Å². The summed E-state index contributed by atoms with van der Waals surface area (Å²) >= 11 is 0. The Labute approximate surface area is 131 Å². The highest BCUT2D eigenvalue weighted by Crippen LogP contribution is 2.50. The van der Waals surface area contributed by atoms with Crippen molar-refractivity contribution in [3.8, 4) is 0 Å². The average molecular weight is 300 g/mol. The summed E-state index contributed by atoms with van der Waals surface area (Å²) in [5, 5.41) is 11.1. The minimum atomic E-state index is -0.261. The van der Waals surface area contributed by atoms with E-state index < -0.39 is 0 Å². The molecule has 0 radical (unpaired) electrons. The molecular formula is C18H24N2O2. The van der Waals surface area contributed by atoms with E-state index in [1.54, 1.807) is 6.07 Å². The highest BCUT2D eigenvalue weighted by Gasteiger charge is 2.49. The molecule has 0 amide bonds. The molecule has 1 aromatic carbocycles. The van der Waals surface area contributed by atoms with E-state index in [1.807, 2.05) is 12.1 Å². The van der Waals surface area contributed by atoms with Crippen LogP contribution >= 0.6 is 0 Å². The van der Waals surface area contributed by atoms with Crippen LogP contribution in [0.5, 0.6) is 0 Å². The Kier molecular flexibility index (Phi) is 3.09. The molecule has 0 spiro atoms. The number of rotatable bonds is 3. The molecule has 1 saturated heterocycles. The smallest absolute Gasteiger partial charge is 0.269 e. The number of piperidine rings is 1. The second kappa shape index (κ2) is 4.79. The molecule has 4 heteroatoms. The van der Waals surface area contributed by atoms with E-state index in [-0.39, 0.29) is 16.0 Å². The van der Waals surface area contributed by atoms with Gasteiger partial charge in [0.05, 0.1) is 4.92 Å². The van der Waals surface area contributed by atoms with Crippen molar-refractivity contribution in [3.63, 3.8) is 0 Å². The molecule has 22 heavy (non-hydrogen) atoms. The Hall–Kier alpha value is -1.42. The molecule has 2 aliphatic carbocycles. The molecule has 118 valence electrons. The molecule has 3 aliphatic rings. The summed E-state index contributed by atoms with van der Waals surface area (Å²) in [5.41, 5.74) is 2.89. The van der Waals surface area contributed by atoms with Crippen LogP contribution in [0, 0.1) is 22.0 Å². The van der Waals surface area contributed by atoms with Crippen LogP contribution in [0.4, 0.5) is 5.69 Å². The van der Waals surface area contributed by atoms with Gasteiger partial charge in [0.15, 0.2) is 0 Å². The fourth-order valence-electron chi connectivity index (χ4n) is 4.67. The van der Waals surface area contributed by atoms with Gasteiger partial charge in [0, 0.05) is 24.7 Å². The molecule has 4 rings (SSSR count). The number of benzene rings is 1. The first-order chi connectivity index (χ1) is 10.5. The molecule has 0 aromatic heterocycles. The van der Waals surface area contributed by atoms with Crippen molar-refractivity contribution in [2.24, 2.45) is 11.8 Å². The molecule has 2 fully saturated rings. The number of hydrogen-bond donors (Lipinski definition) is 0. The molecule has 1 aromatic rings. The molecule has 1 heterocycles. The van der Waals surface area contributed by atoms with Crippen LogP contribution in [0.2, 0.25) is 0 Å². The summed E-state index contributed by atoms with van der Waals surface area (Å²) in [6, 6.07) is 6.14. The van der Waals surface area contributed by atoms with Gasteiger partial charge in [-0.3, -0.25) is 15.0 Å². The Balaban J connectivity index is 1.72. The van der Waals surface area contributed by atoms with Crippen molar-refractivity contribution < 1.29 is 4.92 Å². The van der Waals surface area contributed by atoms with Crippen molar-refractivity contribution in [1.82, 2.24) is 4.90 Å². The van der Waals surface area contributed by atoms with Gasteiger partial charge in [0.1, 0.15) is 0 Å². The highest BCUT2D eigenvalue weighted by atomic mass is 16.6. The normalized spacial score (nSPS) is 34.3. The average Bonchev–Trinajstić information content (AvgIpc) is 3.29. The molecule has 1 saturated carbocycles. The molecular weight excluding hydrogens is 276 g/mol. The zero-order chi connectivity index (χ0) is 15.5. The van der Waals surface area contributed by atoms with E-state index in [0.29, 0.717) is 12.0 Å². The van der Waals surface area contributed by atoms with Crippen LogP contribution in [0.15, 0.2) is 18.2 Å². The Morgan fingerprint density at radius 2 is 2.18 bits per heavy atom. The Morgan fingerprint density at radius 1 is 1.41 bits per heavy atom. The largest absolute Gasteiger partial charge is 0.299 e. The Morgan fingerprint density at radius 3 is 2.86 bits per heavy atom. The van der Waals surface area contributed by atoms with Gasteiger partial charge in [0.2, 0.25) is 0 Å². The number of nitro groups is 1. The number of nitrogens with zero attached hydrogens (tertiary/aromatic N) is 2. The quantitative estimate of drug-likeness (QED) is 0.633. The van der Waals surface area contributed by atoms with Gasteiger partial charge in [-0.05, 0) is 60.6 Å². The van der Waals surface area contributed by atoms with Crippen molar-refractivity contribution in [3.05, 3.63) is 39.4 Å². The van der Waals surface area contributed by atoms with Crippen LogP contribution in [-0.4, -0.2) is 29.0 Å². The fraction of sp³-hybridized carbons (Fsp3) is 0.667. The lowest BCUT2D eigenvalue weighted by molar-refractivity contribution is -0.385. The lowest BCUT2D eigenvalue weighted by Gasteiger charge is -2.54. The number of fused-ring (bicyclic) bond motifs is 4. The molecule has 2 bridgehead atoms. The van der Waals surface area contributed by atoms with Crippen molar-refractivity contribution in [1.29, 1.82) is 0 Å². The zero-order valence-electron chi connectivity index (χ0n) is 13.4. The summed E-state index contributed by atoms with van der Waals surface area (Å²) in [7, 11) is 0. The topological polar surface area (TPSA) is 46.4 Å². The maximum atomic E-state index is 11.1. The second-order valence-electron chi connectivity index (χ2n) is 7.76. The van der Waals surface area contributed by atoms with Gasteiger partial charge in [0.25, 0.3) is 5.69 Å². The van der Waals surface area contributed by atoms with E-state index in [1.165, 1.54) is 30.5 Å². The van der Waals surface area contributed by atoms with E-state index >= 15 is 0 Å². The van der Waals surface area contributed by atoms with Gasteiger partial charge in [-0.15, -0.1) is 0 Å². The first kappa shape index (κ1) is 14.2. The van der Waals surface area contributed by atoms with Crippen molar-refractivity contribution in [2.45, 2.75) is 51.0 Å². The second-order valence-corrected chi connectivity index (χ2v) is 7.76. The third kappa shape index (κ3) is 2.08. The van der Waals surface area contributed by atoms with E-state index in [0.717, 1.165) is 25.3 Å². The lowest BCUT2D eigenvalue weighted by Crippen LogP contribution is -2.58. The first-order valence-corrected chi connectivity index (χ1v) is 8.51. The van der Waals surface area contributed by atoms with Crippen molar-refractivity contribution in [2.75, 3.05) is 13.1 Å². The summed E-state index contributed by atoms with van der Waals surface area (Å²) in [5.74, 6) is 1.49. The van der Waals surface area contributed by atoms with Gasteiger partial charge in [-0.25, -0.2) is 0 Å². The van der Waals surface area contributed by atoms with Crippen LogP contribution in [0.1, 0.15) is 44.2 Å². The highest BCUT2D eigenvalue weighted by molar-refractivity contribution is 5.47. The maximum absolute atomic E-state index is 11.1. The SMILES string of the molecule is C[C@H]1C2Cc3ccc([N+](=O)[O-])cc3[C@@]1(C)CCN2CC1CC1. The molecule has 1 unspecified atom stereocenters. The van der Waals surface area contributed by atoms with Gasteiger partial charge in [-0.1, -0.05) is 19.9 Å². The fourth-order valence-corrected chi connectivity index (χ4v) is 4.67. The zero-order valence-corrected chi connectivity index (χ0v) is 13.4. The molecule has 0 N–H and O–H groups in total. The van der Waals surface area contributed by atoms with Crippen molar-refractivity contribution >= 4 is 5.69 Å². The number of likely N-dealkylation sites (tertiary alicyclic amines) is 1. The Bertz CT molecular complexity index is 626. The van der Waals surface area contributed by atoms with Crippen LogP contribution in [0.3, 0.4) is 0 Å². The predicted octanol–water partition coefficient (Wildman–Crippen LogP) is 3.53. The summed E-state index contributed by atoms with van der Waals surface area (Å²) in [6.07, 6.45) is 4.97. The van der Waals surface area contributed by atoms with E-state index in [9.17, 15) is 10.1 Å². The monoisotopic (exact) mass is 300 g/mol. The predicted molar refractivity (Wildman–Crippen MR) is 86.0 cm³/mol. The van der Waals surface area contributed by atoms with E-state index in [2.05, 4.69) is 18.7 Å². The molecule has 4 nitrogen and oxygen atoms in total. The first-order valence-electron chi connectivity index (χ1n) is 8.51. The number of non-ortho nitro benzene ring substituents is 1.